The lowest BCUT2D eigenvalue weighted by Gasteiger charge is -2.22. The number of hydrogen-bond donors (Lipinski definition) is 1. The molecule has 0 saturated heterocycles. The maximum Gasteiger partial charge on any atom is 0.342 e. The number of rotatable bonds is 6. The van der Waals surface area contributed by atoms with Gasteiger partial charge in [-0.1, -0.05) is 55.1 Å². The van der Waals surface area contributed by atoms with Crippen molar-refractivity contribution in [3.05, 3.63) is 58.1 Å². The van der Waals surface area contributed by atoms with Gasteiger partial charge in [-0.2, -0.15) is 0 Å². The Labute approximate surface area is 169 Å². The number of esters is 1. The second-order valence-corrected chi connectivity index (χ2v) is 7.44. The number of methoxy groups -OCH3 is 1. The molecule has 6 heteroatoms. The second-order valence-electron chi connectivity index (χ2n) is 7.03. The number of carbonyl (C=O) groups excluding carboxylic acids is 2. The van der Waals surface area contributed by atoms with E-state index in [0.29, 0.717) is 17.2 Å². The fraction of sp³-hybridized carbons (Fsp3) is 0.364. The molecule has 148 valence electrons. The van der Waals surface area contributed by atoms with Gasteiger partial charge in [0.2, 0.25) is 0 Å². The van der Waals surface area contributed by atoms with E-state index < -0.39 is 5.97 Å². The van der Waals surface area contributed by atoms with Crippen LogP contribution in [0.25, 0.3) is 0 Å². The summed E-state index contributed by atoms with van der Waals surface area (Å²) in [4.78, 5) is 24.7. The molecule has 0 radical (unpaired) electrons. The Morgan fingerprint density at radius 3 is 2.43 bits per heavy atom. The molecule has 2 aromatic rings. The van der Waals surface area contributed by atoms with E-state index in [1.807, 2.05) is 12.1 Å². The quantitative estimate of drug-likeness (QED) is 0.417. The molecule has 0 amide bonds. The monoisotopic (exact) mass is 401 g/mol. The van der Waals surface area contributed by atoms with Crippen molar-refractivity contribution in [3.8, 4) is 5.75 Å². The van der Waals surface area contributed by atoms with Crippen LogP contribution in [0.3, 0.4) is 0 Å². The van der Waals surface area contributed by atoms with E-state index >= 15 is 0 Å². The van der Waals surface area contributed by atoms with E-state index in [9.17, 15) is 9.59 Å². The molecule has 1 aliphatic carbocycles. The standard InChI is InChI=1S/C22H24ClNO4/c1-27-21-12-19(24)18(23)11-17(21)22(26)28-13-20(25)16-9-7-15(8-10-16)14-5-3-2-4-6-14/h7-12,14H,2-6,13,24H2,1H3. The molecule has 0 bridgehead atoms. The zero-order valence-electron chi connectivity index (χ0n) is 15.9. The molecule has 5 nitrogen and oxygen atoms in total. The van der Waals surface area contributed by atoms with E-state index in [1.165, 1.54) is 56.9 Å². The molecular formula is C22H24ClNO4. The van der Waals surface area contributed by atoms with E-state index in [0.717, 1.165) is 0 Å². The SMILES string of the molecule is COc1cc(N)c(Cl)cc1C(=O)OCC(=O)c1ccc(C2CCCCC2)cc1. The highest BCUT2D eigenvalue weighted by Crippen LogP contribution is 2.32. The topological polar surface area (TPSA) is 78.6 Å². The Morgan fingerprint density at radius 1 is 1.11 bits per heavy atom. The fourth-order valence-corrected chi connectivity index (χ4v) is 3.73. The number of carbonyl (C=O) groups is 2. The summed E-state index contributed by atoms with van der Waals surface area (Å²) in [6.45, 7) is -0.354. The zero-order chi connectivity index (χ0) is 20.1. The van der Waals surface area contributed by atoms with Gasteiger partial charge >= 0.3 is 5.97 Å². The highest BCUT2D eigenvalue weighted by molar-refractivity contribution is 6.33. The van der Waals surface area contributed by atoms with E-state index in [1.54, 1.807) is 12.1 Å². The molecule has 0 aromatic heterocycles. The van der Waals surface area contributed by atoms with Crippen LogP contribution in [0.1, 0.15) is 64.3 Å². The normalized spacial score (nSPS) is 14.5. The van der Waals surface area contributed by atoms with Gasteiger partial charge in [0.05, 0.1) is 17.8 Å². The van der Waals surface area contributed by atoms with Crippen LogP contribution in [-0.4, -0.2) is 25.5 Å². The number of anilines is 1. The Balaban J connectivity index is 1.62. The van der Waals surface area contributed by atoms with Crippen LogP contribution in [0.2, 0.25) is 5.02 Å². The first-order valence-electron chi connectivity index (χ1n) is 9.43. The summed E-state index contributed by atoms with van der Waals surface area (Å²) >= 11 is 5.97. The van der Waals surface area contributed by atoms with Gasteiger partial charge in [-0.25, -0.2) is 4.79 Å². The maximum absolute atomic E-state index is 12.4. The summed E-state index contributed by atoms with van der Waals surface area (Å²) in [6, 6.07) is 10.5. The molecule has 0 heterocycles. The fourth-order valence-electron chi connectivity index (χ4n) is 3.57. The molecule has 28 heavy (non-hydrogen) atoms. The Hall–Kier alpha value is -2.53. The number of ketones is 1. The number of ether oxygens (including phenoxy) is 2. The van der Waals surface area contributed by atoms with Crippen LogP contribution in [-0.2, 0) is 4.74 Å². The highest BCUT2D eigenvalue weighted by Gasteiger charge is 2.19. The molecule has 0 atom stereocenters. The van der Waals surface area contributed by atoms with Crippen LogP contribution in [0.5, 0.6) is 5.75 Å². The van der Waals surface area contributed by atoms with Crippen molar-refractivity contribution < 1.29 is 19.1 Å². The molecule has 1 saturated carbocycles. The molecular weight excluding hydrogens is 378 g/mol. The third kappa shape index (κ3) is 4.65. The van der Waals surface area contributed by atoms with Crippen molar-refractivity contribution in [2.24, 2.45) is 0 Å². The smallest absolute Gasteiger partial charge is 0.342 e. The third-order valence-electron chi connectivity index (χ3n) is 5.18. The molecule has 0 spiro atoms. The van der Waals surface area contributed by atoms with Crippen molar-refractivity contribution in [2.75, 3.05) is 19.5 Å². The summed E-state index contributed by atoms with van der Waals surface area (Å²) in [7, 11) is 1.42. The molecule has 0 unspecified atom stereocenters. The first-order valence-corrected chi connectivity index (χ1v) is 9.80. The first-order chi connectivity index (χ1) is 13.5. The van der Waals surface area contributed by atoms with Crippen molar-refractivity contribution in [3.63, 3.8) is 0 Å². The molecule has 3 rings (SSSR count). The average Bonchev–Trinajstić information content (AvgIpc) is 2.74. The van der Waals surface area contributed by atoms with Crippen molar-refractivity contribution in [1.82, 2.24) is 0 Å². The lowest BCUT2D eigenvalue weighted by Crippen LogP contribution is -2.15. The van der Waals surface area contributed by atoms with Crippen LogP contribution < -0.4 is 10.5 Å². The van der Waals surface area contributed by atoms with Crippen LogP contribution >= 0.6 is 11.6 Å². The number of Topliss-reactive ketones (excluding diaryl/α,β-unsaturated/α-hetero) is 1. The number of hydrogen-bond acceptors (Lipinski definition) is 5. The highest BCUT2D eigenvalue weighted by atomic mass is 35.5. The number of halogens is 1. The summed E-state index contributed by atoms with van der Waals surface area (Å²) in [5, 5.41) is 0.220. The Kier molecular flexibility index (Phi) is 6.57. The van der Waals surface area contributed by atoms with E-state index in [2.05, 4.69) is 0 Å². The predicted octanol–water partition coefficient (Wildman–Crippen LogP) is 5.02. The molecule has 2 N–H and O–H groups in total. The lowest BCUT2D eigenvalue weighted by molar-refractivity contribution is 0.0471. The maximum atomic E-state index is 12.4. The second kappa shape index (κ2) is 9.11. The minimum atomic E-state index is -0.689. The van der Waals surface area contributed by atoms with E-state index in [4.69, 9.17) is 26.8 Å². The van der Waals surface area contributed by atoms with Gasteiger partial charge in [-0.15, -0.1) is 0 Å². The van der Waals surface area contributed by atoms with Crippen LogP contribution in [0.15, 0.2) is 36.4 Å². The summed E-state index contributed by atoms with van der Waals surface area (Å²) in [5.74, 6) is -0.121. The average molecular weight is 402 g/mol. The molecule has 0 aliphatic heterocycles. The minimum Gasteiger partial charge on any atom is -0.496 e. The number of nitrogens with two attached hydrogens (primary N) is 1. The largest absolute Gasteiger partial charge is 0.496 e. The van der Waals surface area contributed by atoms with E-state index in [-0.39, 0.29) is 28.7 Å². The zero-order valence-corrected chi connectivity index (χ0v) is 16.6. The Bertz CT molecular complexity index is 858. The van der Waals surface area contributed by atoms with Gasteiger partial charge in [-0.05, 0) is 30.4 Å². The van der Waals surface area contributed by atoms with Crippen LogP contribution in [0.4, 0.5) is 5.69 Å². The molecule has 1 aliphatic rings. The van der Waals surface area contributed by atoms with Gasteiger partial charge in [0.1, 0.15) is 11.3 Å². The summed E-state index contributed by atoms with van der Waals surface area (Å²) in [6.07, 6.45) is 6.25. The van der Waals surface area contributed by atoms with Gasteiger partial charge < -0.3 is 15.2 Å². The summed E-state index contributed by atoms with van der Waals surface area (Å²) < 4.78 is 10.3. The molecule has 2 aromatic carbocycles. The third-order valence-corrected chi connectivity index (χ3v) is 5.51. The molecule has 1 fully saturated rings. The van der Waals surface area contributed by atoms with Gasteiger partial charge in [0, 0.05) is 11.6 Å². The van der Waals surface area contributed by atoms with Gasteiger partial charge in [-0.3, -0.25) is 4.79 Å². The van der Waals surface area contributed by atoms with Crippen LogP contribution in [0, 0.1) is 0 Å². The number of benzene rings is 2. The van der Waals surface area contributed by atoms with Gasteiger partial charge in [0.25, 0.3) is 0 Å². The minimum absolute atomic E-state index is 0.127. The number of nitrogen functional groups attached to an aromatic ring is 1. The van der Waals surface area contributed by atoms with Crippen molar-refractivity contribution in [2.45, 2.75) is 38.0 Å². The lowest BCUT2D eigenvalue weighted by atomic mass is 9.84. The van der Waals surface area contributed by atoms with Gasteiger partial charge in [0.15, 0.2) is 12.4 Å². The summed E-state index contributed by atoms with van der Waals surface area (Å²) in [5.41, 5.74) is 7.93. The van der Waals surface area contributed by atoms with Crippen molar-refractivity contribution in [1.29, 1.82) is 0 Å². The first kappa shape index (κ1) is 20.2. The van der Waals surface area contributed by atoms with Crippen molar-refractivity contribution >= 4 is 29.0 Å². The Morgan fingerprint density at radius 2 is 1.79 bits per heavy atom. The predicted molar refractivity (Wildman–Crippen MR) is 109 cm³/mol.